The first-order chi connectivity index (χ1) is 15.0. The van der Waals surface area contributed by atoms with Crippen molar-refractivity contribution in [2.75, 3.05) is 0 Å². The molecular formula is C32H40Ti. The van der Waals surface area contributed by atoms with Crippen LogP contribution >= 0.6 is 0 Å². The summed E-state index contributed by atoms with van der Waals surface area (Å²) >= 11 is 0. The molecule has 0 N–H and O–H groups in total. The Labute approximate surface area is 218 Å². The fraction of sp³-hybridized carbons (Fsp3) is 0.250. The van der Waals surface area contributed by atoms with Gasteiger partial charge in [0.25, 0.3) is 0 Å². The Bertz CT molecular complexity index is 836. The average molecular weight is 473 g/mol. The molecule has 0 bridgehead atoms. The van der Waals surface area contributed by atoms with E-state index < -0.39 is 0 Å². The number of hydrogen-bond donors (Lipinski definition) is 0. The molecule has 0 aliphatic carbocycles. The van der Waals surface area contributed by atoms with Crippen LogP contribution in [0.5, 0.6) is 0 Å². The minimum absolute atomic E-state index is 0. The molecule has 33 heavy (non-hydrogen) atoms. The second-order valence-corrected chi connectivity index (χ2v) is 9.82. The maximum atomic E-state index is 3.72. The van der Waals surface area contributed by atoms with E-state index in [0.717, 1.165) is 11.1 Å². The van der Waals surface area contributed by atoms with Crippen LogP contribution in [0.4, 0.5) is 0 Å². The molecule has 0 aliphatic heterocycles. The van der Waals surface area contributed by atoms with Crippen LogP contribution in [0, 0.1) is 13.8 Å². The van der Waals surface area contributed by atoms with Crippen LogP contribution in [-0.2, 0) is 32.5 Å². The van der Waals surface area contributed by atoms with Crippen molar-refractivity contribution in [2.24, 2.45) is 0 Å². The van der Waals surface area contributed by atoms with Gasteiger partial charge in [0.2, 0.25) is 0 Å². The maximum absolute atomic E-state index is 3.72. The molecule has 0 amide bonds. The molecule has 0 fully saturated rings. The van der Waals surface area contributed by atoms with Gasteiger partial charge in [0.15, 0.2) is 0 Å². The van der Waals surface area contributed by atoms with Gasteiger partial charge in [-0.2, -0.15) is 84.6 Å². The summed E-state index contributed by atoms with van der Waals surface area (Å²) in [4.78, 5) is 0. The van der Waals surface area contributed by atoms with Crippen LogP contribution in [0.15, 0.2) is 109 Å². The topological polar surface area (TPSA) is 0 Å². The van der Waals surface area contributed by atoms with Gasteiger partial charge in [-0.05, 0) is 0 Å². The Morgan fingerprint density at radius 1 is 0.455 bits per heavy atom. The van der Waals surface area contributed by atoms with E-state index in [0.29, 0.717) is 10.8 Å². The zero-order chi connectivity index (χ0) is 24.0. The van der Waals surface area contributed by atoms with Gasteiger partial charge in [-0.15, -0.1) is 24.3 Å². The van der Waals surface area contributed by atoms with Gasteiger partial charge in [-0.25, -0.2) is 24.3 Å². The molecule has 1 heteroatoms. The van der Waals surface area contributed by atoms with Crippen molar-refractivity contribution in [3.8, 4) is 0 Å². The average Bonchev–Trinajstić information content (AvgIpc) is 3.44. The third kappa shape index (κ3) is 14.4. The fourth-order valence-electron chi connectivity index (χ4n) is 2.70. The van der Waals surface area contributed by atoms with Crippen LogP contribution < -0.4 is 0 Å². The van der Waals surface area contributed by atoms with Crippen molar-refractivity contribution >= 4 is 0 Å². The van der Waals surface area contributed by atoms with Crippen molar-refractivity contribution in [3.63, 3.8) is 0 Å². The Morgan fingerprint density at radius 2 is 0.697 bits per heavy atom. The molecule has 0 aliphatic rings. The summed E-state index contributed by atoms with van der Waals surface area (Å²) < 4.78 is 0. The van der Waals surface area contributed by atoms with Crippen LogP contribution in [0.25, 0.3) is 0 Å². The minimum atomic E-state index is 0. The van der Waals surface area contributed by atoms with Crippen LogP contribution in [-0.4, -0.2) is 0 Å². The molecule has 0 atom stereocenters. The van der Waals surface area contributed by atoms with Crippen LogP contribution in [0.1, 0.15) is 63.8 Å². The normalized spacial score (nSPS) is 10.1. The summed E-state index contributed by atoms with van der Waals surface area (Å²) in [5.74, 6) is 0. The monoisotopic (exact) mass is 472 g/mol. The fourth-order valence-corrected chi connectivity index (χ4v) is 2.70. The van der Waals surface area contributed by atoms with E-state index in [9.17, 15) is 0 Å². The minimum Gasteiger partial charge on any atom is -0.213 e. The van der Waals surface area contributed by atoms with Crippen LogP contribution in [0.2, 0.25) is 0 Å². The summed E-state index contributed by atoms with van der Waals surface area (Å²) in [6.45, 7) is 20.8. The maximum Gasteiger partial charge on any atom is 4.00 e. The quantitative estimate of drug-likeness (QED) is 0.177. The molecule has 0 saturated heterocycles. The van der Waals surface area contributed by atoms with E-state index in [4.69, 9.17) is 0 Å². The van der Waals surface area contributed by atoms with E-state index in [-0.39, 0.29) is 21.7 Å². The second-order valence-electron chi connectivity index (χ2n) is 9.82. The zero-order valence-electron chi connectivity index (χ0n) is 21.3. The summed E-state index contributed by atoms with van der Waals surface area (Å²) in [6, 6.07) is 36.8. The molecule has 4 aromatic rings. The number of benzene rings is 2. The first-order valence-electron chi connectivity index (χ1n) is 11.2. The van der Waals surface area contributed by atoms with Gasteiger partial charge in [0.1, 0.15) is 0 Å². The van der Waals surface area contributed by atoms with Gasteiger partial charge in [-0.1, -0.05) is 64.5 Å². The second kappa shape index (κ2) is 15.4. The van der Waals surface area contributed by atoms with Crippen molar-refractivity contribution in [1.29, 1.82) is 0 Å². The van der Waals surface area contributed by atoms with Crippen molar-refractivity contribution in [1.82, 2.24) is 0 Å². The summed E-state index contributed by atoms with van der Waals surface area (Å²) in [6.07, 6.45) is 0. The SMILES string of the molecule is CC(C)(C)[c-]1cccc1.CC(C)(C)[c-]1cccc1.[CH2-]c1ccccc1.[CH2-]c1ccccc1.[Ti+4]. The number of hydrogen-bond acceptors (Lipinski definition) is 0. The van der Waals surface area contributed by atoms with Gasteiger partial charge < -0.3 is 0 Å². The van der Waals surface area contributed by atoms with E-state index in [1.54, 1.807) is 0 Å². The largest absolute Gasteiger partial charge is 4.00 e. The first-order valence-corrected chi connectivity index (χ1v) is 11.2. The molecule has 4 rings (SSSR count). The van der Waals surface area contributed by atoms with Gasteiger partial charge in [0, 0.05) is 0 Å². The third-order valence-electron chi connectivity index (χ3n) is 4.74. The van der Waals surface area contributed by atoms with Gasteiger partial charge in [0.05, 0.1) is 0 Å². The standard InChI is InChI=1S/2C9H13.2C7H7.Ti/c2*1-9(2,3)8-6-4-5-7-8;2*1-7-5-3-2-4-6-7;/h2*4-7H,1-3H3;2*2-6H,1H2;/q4*-1;+4. The third-order valence-corrected chi connectivity index (χ3v) is 4.74. The predicted octanol–water partition coefficient (Wildman–Crippen LogP) is 9.14. The molecule has 0 radical (unpaired) electrons. The Morgan fingerprint density at radius 3 is 0.818 bits per heavy atom. The molecule has 172 valence electrons. The van der Waals surface area contributed by atoms with E-state index in [2.05, 4.69) is 104 Å². The Kier molecular flexibility index (Phi) is 14.3. The molecule has 0 aromatic heterocycles. The molecule has 4 aromatic carbocycles. The molecule has 0 spiro atoms. The van der Waals surface area contributed by atoms with Crippen molar-refractivity contribution in [3.05, 3.63) is 145 Å². The molecule has 0 saturated carbocycles. The summed E-state index contributed by atoms with van der Waals surface area (Å²) in [5.41, 5.74) is 5.63. The van der Waals surface area contributed by atoms with Crippen molar-refractivity contribution < 1.29 is 21.7 Å². The molecule has 0 heterocycles. The van der Waals surface area contributed by atoms with E-state index in [1.807, 2.05) is 60.7 Å². The molecule has 0 nitrogen and oxygen atoms in total. The summed E-state index contributed by atoms with van der Waals surface area (Å²) in [7, 11) is 0. The molecule has 0 unspecified atom stereocenters. The predicted molar refractivity (Wildman–Crippen MR) is 143 cm³/mol. The van der Waals surface area contributed by atoms with Gasteiger partial charge in [-0.3, -0.25) is 0 Å². The first kappa shape index (κ1) is 30.6. The Balaban J connectivity index is 0.000000412. The zero-order valence-corrected chi connectivity index (χ0v) is 22.9. The van der Waals surface area contributed by atoms with Gasteiger partial charge >= 0.3 is 21.7 Å². The smallest absolute Gasteiger partial charge is 0.213 e. The summed E-state index contributed by atoms with van der Waals surface area (Å²) in [5, 5.41) is 0. The molecular weight excluding hydrogens is 432 g/mol. The Hall–Kier alpha value is -2.41. The van der Waals surface area contributed by atoms with E-state index in [1.165, 1.54) is 11.1 Å². The number of rotatable bonds is 0. The van der Waals surface area contributed by atoms with Crippen molar-refractivity contribution in [2.45, 2.75) is 52.4 Å². The van der Waals surface area contributed by atoms with E-state index >= 15 is 0 Å². The van der Waals surface area contributed by atoms with Crippen LogP contribution in [0.3, 0.4) is 0 Å².